The fourth-order valence-corrected chi connectivity index (χ4v) is 4.20. The maximum absolute atomic E-state index is 12.4. The lowest BCUT2D eigenvalue weighted by atomic mass is 9.95. The molecule has 24 heavy (non-hydrogen) atoms. The molecule has 3 rings (SSSR count). The van der Waals surface area contributed by atoms with Crippen molar-refractivity contribution in [2.75, 3.05) is 26.2 Å². The van der Waals surface area contributed by atoms with Gasteiger partial charge in [-0.1, -0.05) is 6.07 Å². The Morgan fingerprint density at radius 3 is 2.33 bits per heavy atom. The standard InChI is InChI=1S/C18H24N2O3S/c21-15(16-4-3-13-24-16)5-6-17(22)19-11-7-14(8-12-19)18(23)20-9-1-2-10-20/h3-4,13-14H,1-2,5-12H2. The Hall–Kier alpha value is -1.69. The number of carbonyl (C=O) groups excluding carboxylic acids is 3. The van der Waals surface area contributed by atoms with Crippen LogP contribution < -0.4 is 0 Å². The molecule has 1 aromatic heterocycles. The SMILES string of the molecule is O=C(CCC(=O)N1CCC(C(=O)N2CCCC2)CC1)c1cccs1. The van der Waals surface area contributed by atoms with Gasteiger partial charge >= 0.3 is 0 Å². The third-order valence-electron chi connectivity index (χ3n) is 4.98. The van der Waals surface area contributed by atoms with Crippen LogP contribution in [0.15, 0.2) is 17.5 Å². The summed E-state index contributed by atoms with van der Waals surface area (Å²) in [5.41, 5.74) is 0. The minimum absolute atomic E-state index is 0.0342. The average Bonchev–Trinajstić information content (AvgIpc) is 3.32. The summed E-state index contributed by atoms with van der Waals surface area (Å²) in [7, 11) is 0. The molecule has 0 unspecified atom stereocenters. The number of likely N-dealkylation sites (tertiary alicyclic amines) is 2. The van der Waals surface area contributed by atoms with Gasteiger partial charge in [0.15, 0.2) is 5.78 Å². The molecule has 0 saturated carbocycles. The van der Waals surface area contributed by atoms with Crippen molar-refractivity contribution in [2.45, 2.75) is 38.5 Å². The van der Waals surface area contributed by atoms with Crippen LogP contribution in [0.3, 0.4) is 0 Å². The molecule has 0 aliphatic carbocycles. The van der Waals surface area contributed by atoms with E-state index in [9.17, 15) is 14.4 Å². The number of piperidine rings is 1. The molecule has 0 radical (unpaired) electrons. The normalized spacial score (nSPS) is 18.8. The van der Waals surface area contributed by atoms with Crippen LogP contribution in [0.2, 0.25) is 0 Å². The van der Waals surface area contributed by atoms with Crippen LogP contribution in [-0.2, 0) is 9.59 Å². The van der Waals surface area contributed by atoms with Gasteiger partial charge in [0.25, 0.3) is 0 Å². The predicted octanol–water partition coefficient (Wildman–Crippen LogP) is 2.57. The fraction of sp³-hybridized carbons (Fsp3) is 0.611. The second-order valence-corrected chi connectivity index (χ2v) is 7.54. The number of nitrogens with zero attached hydrogens (tertiary/aromatic N) is 2. The van der Waals surface area contributed by atoms with E-state index in [2.05, 4.69) is 0 Å². The van der Waals surface area contributed by atoms with Crippen molar-refractivity contribution in [2.24, 2.45) is 5.92 Å². The number of hydrogen-bond donors (Lipinski definition) is 0. The van der Waals surface area contributed by atoms with Crippen molar-refractivity contribution in [3.63, 3.8) is 0 Å². The van der Waals surface area contributed by atoms with Crippen LogP contribution in [0.25, 0.3) is 0 Å². The van der Waals surface area contributed by atoms with Crippen LogP contribution in [0, 0.1) is 5.92 Å². The quantitative estimate of drug-likeness (QED) is 0.769. The Labute approximate surface area is 146 Å². The van der Waals surface area contributed by atoms with Crippen molar-refractivity contribution in [1.82, 2.24) is 9.80 Å². The molecule has 0 N–H and O–H groups in total. The molecule has 2 aliphatic heterocycles. The first kappa shape index (κ1) is 17.1. The van der Waals surface area contributed by atoms with Crippen LogP contribution in [-0.4, -0.2) is 53.6 Å². The summed E-state index contributed by atoms with van der Waals surface area (Å²) in [4.78, 5) is 41.2. The number of amides is 2. The van der Waals surface area contributed by atoms with E-state index in [1.54, 1.807) is 6.07 Å². The highest BCUT2D eigenvalue weighted by molar-refractivity contribution is 7.12. The van der Waals surface area contributed by atoms with Gasteiger partial charge in [0.1, 0.15) is 0 Å². The molecule has 6 heteroatoms. The Bertz CT molecular complexity index is 585. The summed E-state index contributed by atoms with van der Waals surface area (Å²) < 4.78 is 0. The monoisotopic (exact) mass is 348 g/mol. The molecular formula is C18H24N2O3S. The van der Waals surface area contributed by atoms with Gasteiger partial charge in [0.05, 0.1) is 4.88 Å². The average molecular weight is 348 g/mol. The fourth-order valence-electron chi connectivity index (χ4n) is 3.51. The summed E-state index contributed by atoms with van der Waals surface area (Å²) in [6.07, 6.45) is 4.26. The zero-order valence-electron chi connectivity index (χ0n) is 13.9. The summed E-state index contributed by atoms with van der Waals surface area (Å²) in [6, 6.07) is 3.65. The zero-order chi connectivity index (χ0) is 16.9. The van der Waals surface area contributed by atoms with Crippen molar-refractivity contribution in [3.8, 4) is 0 Å². The van der Waals surface area contributed by atoms with Gasteiger partial charge in [-0.25, -0.2) is 0 Å². The molecular weight excluding hydrogens is 324 g/mol. The molecule has 130 valence electrons. The molecule has 2 amide bonds. The van der Waals surface area contributed by atoms with E-state index >= 15 is 0 Å². The minimum atomic E-state index is 0.0342. The largest absolute Gasteiger partial charge is 0.343 e. The molecule has 0 bridgehead atoms. The second kappa shape index (κ2) is 7.92. The topological polar surface area (TPSA) is 57.7 Å². The van der Waals surface area contributed by atoms with E-state index in [0.29, 0.717) is 13.1 Å². The van der Waals surface area contributed by atoms with Gasteiger partial charge in [0.2, 0.25) is 11.8 Å². The third-order valence-corrected chi connectivity index (χ3v) is 5.89. The molecule has 0 aromatic carbocycles. The first-order valence-corrected chi connectivity index (χ1v) is 9.66. The highest BCUT2D eigenvalue weighted by atomic mass is 32.1. The highest BCUT2D eigenvalue weighted by Gasteiger charge is 2.31. The van der Waals surface area contributed by atoms with Crippen LogP contribution in [0.1, 0.15) is 48.2 Å². The van der Waals surface area contributed by atoms with E-state index in [-0.39, 0.29) is 36.4 Å². The third kappa shape index (κ3) is 4.04. The molecule has 1 aromatic rings. The van der Waals surface area contributed by atoms with E-state index in [1.807, 2.05) is 21.2 Å². The minimum Gasteiger partial charge on any atom is -0.343 e. The van der Waals surface area contributed by atoms with E-state index < -0.39 is 0 Å². The zero-order valence-corrected chi connectivity index (χ0v) is 14.7. The molecule has 5 nitrogen and oxygen atoms in total. The molecule has 0 spiro atoms. The first-order valence-electron chi connectivity index (χ1n) is 8.78. The molecule has 3 heterocycles. The lowest BCUT2D eigenvalue weighted by molar-refractivity contribution is -0.140. The highest BCUT2D eigenvalue weighted by Crippen LogP contribution is 2.23. The second-order valence-electron chi connectivity index (χ2n) is 6.59. The van der Waals surface area contributed by atoms with Crippen molar-refractivity contribution < 1.29 is 14.4 Å². The Morgan fingerprint density at radius 1 is 1.00 bits per heavy atom. The maximum atomic E-state index is 12.4. The Balaban J connectivity index is 1.41. The summed E-state index contributed by atoms with van der Waals surface area (Å²) in [6.45, 7) is 3.05. The van der Waals surface area contributed by atoms with Gasteiger partial charge in [-0.2, -0.15) is 0 Å². The van der Waals surface area contributed by atoms with Gasteiger partial charge in [0, 0.05) is 44.9 Å². The van der Waals surface area contributed by atoms with Crippen LogP contribution in [0.5, 0.6) is 0 Å². The van der Waals surface area contributed by atoms with Crippen LogP contribution in [0.4, 0.5) is 0 Å². The molecule has 2 aliphatic rings. The Kier molecular flexibility index (Phi) is 5.66. The van der Waals surface area contributed by atoms with Gasteiger partial charge < -0.3 is 9.80 Å². The smallest absolute Gasteiger partial charge is 0.225 e. The van der Waals surface area contributed by atoms with E-state index in [4.69, 9.17) is 0 Å². The van der Waals surface area contributed by atoms with Gasteiger partial charge in [-0.15, -0.1) is 11.3 Å². The number of rotatable bonds is 5. The molecule has 2 fully saturated rings. The van der Waals surface area contributed by atoms with Crippen LogP contribution >= 0.6 is 11.3 Å². The van der Waals surface area contributed by atoms with Gasteiger partial charge in [-0.05, 0) is 37.1 Å². The number of carbonyl (C=O) groups is 3. The van der Waals surface area contributed by atoms with E-state index in [0.717, 1.165) is 43.6 Å². The summed E-state index contributed by atoms with van der Waals surface area (Å²) in [5.74, 6) is 0.414. The maximum Gasteiger partial charge on any atom is 0.225 e. The molecule has 2 saturated heterocycles. The van der Waals surface area contributed by atoms with Crippen molar-refractivity contribution >= 4 is 28.9 Å². The number of Topliss-reactive ketones (excluding diaryl/α,β-unsaturated/α-hetero) is 1. The first-order chi connectivity index (χ1) is 11.6. The van der Waals surface area contributed by atoms with Crippen molar-refractivity contribution in [3.05, 3.63) is 22.4 Å². The van der Waals surface area contributed by atoms with Gasteiger partial charge in [-0.3, -0.25) is 14.4 Å². The Morgan fingerprint density at radius 2 is 1.71 bits per heavy atom. The number of ketones is 1. The number of hydrogen-bond acceptors (Lipinski definition) is 4. The summed E-state index contributed by atoms with van der Waals surface area (Å²) in [5, 5.41) is 1.87. The molecule has 0 atom stereocenters. The number of thiophene rings is 1. The van der Waals surface area contributed by atoms with Crippen molar-refractivity contribution in [1.29, 1.82) is 0 Å². The summed E-state index contributed by atoms with van der Waals surface area (Å²) >= 11 is 1.42. The van der Waals surface area contributed by atoms with E-state index in [1.165, 1.54) is 11.3 Å². The predicted molar refractivity (Wildman–Crippen MR) is 93.0 cm³/mol. The lowest BCUT2D eigenvalue weighted by Crippen LogP contribution is -2.43. The lowest BCUT2D eigenvalue weighted by Gasteiger charge is -2.33.